The summed E-state index contributed by atoms with van der Waals surface area (Å²) in [6, 6.07) is 12.2. The van der Waals surface area contributed by atoms with E-state index in [0.717, 1.165) is 42.1 Å². The number of piperazine rings is 1. The van der Waals surface area contributed by atoms with E-state index in [2.05, 4.69) is 14.8 Å². The number of carbonyl (C=O) groups excluding carboxylic acids is 1. The topological polar surface area (TPSA) is 89.9 Å². The van der Waals surface area contributed by atoms with E-state index in [1.54, 1.807) is 24.4 Å². The quantitative estimate of drug-likeness (QED) is 0.456. The Morgan fingerprint density at radius 1 is 1.07 bits per heavy atom. The third-order valence-corrected chi connectivity index (χ3v) is 8.81. The summed E-state index contributed by atoms with van der Waals surface area (Å²) >= 11 is 5.93. The number of hydrogen-bond donors (Lipinski definition) is 1. The van der Waals surface area contributed by atoms with Crippen molar-refractivity contribution in [3.05, 3.63) is 76.5 Å². The van der Waals surface area contributed by atoms with E-state index in [1.807, 2.05) is 36.9 Å². The zero-order valence-corrected chi connectivity index (χ0v) is 23.3. The average molecular weight is 564 g/mol. The minimum Gasteiger partial charge on any atom is -0.481 e. The van der Waals surface area contributed by atoms with Crippen LogP contribution in [-0.2, 0) is 16.6 Å². The van der Waals surface area contributed by atoms with Gasteiger partial charge in [0.2, 0.25) is 0 Å². The van der Waals surface area contributed by atoms with Gasteiger partial charge in [-0.2, -0.15) is 0 Å². The summed E-state index contributed by atoms with van der Waals surface area (Å²) in [6.07, 6.45) is 4.60. The van der Waals surface area contributed by atoms with Crippen LogP contribution < -0.4 is 9.80 Å². The first kappa shape index (κ1) is 26.5. The van der Waals surface area contributed by atoms with E-state index in [4.69, 9.17) is 21.7 Å². The van der Waals surface area contributed by atoms with E-state index >= 15 is 0 Å². The zero-order valence-electron chi connectivity index (χ0n) is 22.5. The summed E-state index contributed by atoms with van der Waals surface area (Å²) in [6.45, 7) is 6.46. The summed E-state index contributed by atoms with van der Waals surface area (Å²) in [5.41, 5.74) is 3.02. The number of carbonyl (C=O) groups is 2. The lowest BCUT2D eigenvalue weighted by atomic mass is 9.67. The van der Waals surface area contributed by atoms with E-state index < -0.39 is 17.3 Å². The largest absolute Gasteiger partial charge is 0.481 e. The van der Waals surface area contributed by atoms with Gasteiger partial charge in [0.05, 0.1) is 28.4 Å². The van der Waals surface area contributed by atoms with Crippen LogP contribution in [-0.4, -0.2) is 63.6 Å². The SMILES string of the molecule is CC1(C)CN(c2ccc(CC(=O)O)cn2)CCN1C(=O)c1ccc2c(n1)C1(CCC1)CN2c1ccc(Cl)c(F)c1. The summed E-state index contributed by atoms with van der Waals surface area (Å²) in [4.78, 5) is 40.4. The van der Waals surface area contributed by atoms with Crippen LogP contribution >= 0.6 is 11.6 Å². The molecule has 10 heteroatoms. The number of aromatic nitrogens is 2. The van der Waals surface area contributed by atoms with Gasteiger partial charge in [-0.1, -0.05) is 24.1 Å². The number of anilines is 3. The first-order valence-corrected chi connectivity index (χ1v) is 13.9. The molecule has 1 N–H and O–H groups in total. The molecule has 1 spiro atoms. The number of benzene rings is 1. The molecular formula is C30H31ClFN5O3. The van der Waals surface area contributed by atoms with Crippen molar-refractivity contribution >= 4 is 40.7 Å². The van der Waals surface area contributed by atoms with Crippen LogP contribution in [0.2, 0.25) is 5.02 Å². The third kappa shape index (κ3) is 4.56. The molecule has 208 valence electrons. The fraction of sp³-hybridized carbons (Fsp3) is 0.400. The van der Waals surface area contributed by atoms with E-state index in [1.165, 1.54) is 6.07 Å². The Kier molecular flexibility index (Phi) is 6.45. The highest BCUT2D eigenvalue weighted by Gasteiger charge is 2.49. The molecule has 2 fully saturated rings. The molecule has 1 aliphatic carbocycles. The van der Waals surface area contributed by atoms with Gasteiger partial charge in [-0.15, -0.1) is 0 Å². The van der Waals surface area contributed by atoms with Crippen LogP contribution in [0, 0.1) is 5.82 Å². The number of nitrogens with zero attached hydrogens (tertiary/aromatic N) is 5. The van der Waals surface area contributed by atoms with Crippen LogP contribution in [0.25, 0.3) is 0 Å². The Labute approximate surface area is 237 Å². The fourth-order valence-corrected chi connectivity index (χ4v) is 6.39. The molecule has 3 aromatic rings. The number of pyridine rings is 2. The molecule has 1 saturated heterocycles. The van der Waals surface area contributed by atoms with Gasteiger partial charge in [0.15, 0.2) is 0 Å². The maximum Gasteiger partial charge on any atom is 0.307 e. The second kappa shape index (κ2) is 9.73. The van der Waals surface area contributed by atoms with Crippen LogP contribution in [0.3, 0.4) is 0 Å². The Morgan fingerprint density at radius 3 is 2.50 bits per heavy atom. The number of halogens is 2. The van der Waals surface area contributed by atoms with Gasteiger partial charge >= 0.3 is 5.97 Å². The molecule has 6 rings (SSSR count). The lowest BCUT2D eigenvalue weighted by molar-refractivity contribution is -0.136. The van der Waals surface area contributed by atoms with Crippen molar-refractivity contribution in [1.82, 2.24) is 14.9 Å². The predicted molar refractivity (Wildman–Crippen MR) is 151 cm³/mol. The van der Waals surface area contributed by atoms with Gasteiger partial charge < -0.3 is 19.8 Å². The van der Waals surface area contributed by atoms with Crippen molar-refractivity contribution in [1.29, 1.82) is 0 Å². The molecule has 2 aliphatic heterocycles. The predicted octanol–water partition coefficient (Wildman–Crippen LogP) is 5.21. The molecule has 1 aromatic carbocycles. The first-order chi connectivity index (χ1) is 19.1. The molecule has 1 amide bonds. The average Bonchev–Trinajstić information content (AvgIpc) is 3.25. The number of carboxylic acids is 1. The molecule has 8 nitrogen and oxygen atoms in total. The molecule has 3 aliphatic rings. The van der Waals surface area contributed by atoms with Gasteiger partial charge in [-0.25, -0.2) is 14.4 Å². The number of carboxylic acid groups (broad SMARTS) is 1. The number of rotatable bonds is 5. The van der Waals surface area contributed by atoms with E-state index in [0.29, 0.717) is 37.4 Å². The molecule has 4 heterocycles. The molecule has 0 atom stereocenters. The minimum absolute atomic E-state index is 0.0650. The normalized spacial score (nSPS) is 18.9. The Hall–Kier alpha value is -3.72. The second-order valence-corrected chi connectivity index (χ2v) is 12.1. The standard InChI is InChI=1S/C30H31ClFN5O3/c1-29(2)17-35(25-9-4-19(16-33-25)14-26(38)39)12-13-37(29)28(40)23-7-8-24-27(34-23)30(10-3-11-30)18-36(24)20-5-6-21(31)22(32)15-20/h4-9,15-16H,3,10-14,17-18H2,1-2H3,(H,38,39). The number of hydrogen-bond acceptors (Lipinski definition) is 6. The van der Waals surface area contributed by atoms with Crippen molar-refractivity contribution in [2.75, 3.05) is 36.0 Å². The van der Waals surface area contributed by atoms with Gasteiger partial charge in [0.25, 0.3) is 5.91 Å². The highest BCUT2D eigenvalue weighted by atomic mass is 35.5. The van der Waals surface area contributed by atoms with E-state index in [-0.39, 0.29) is 22.8 Å². The first-order valence-electron chi connectivity index (χ1n) is 13.5. The zero-order chi connectivity index (χ0) is 28.2. The van der Waals surface area contributed by atoms with Crippen molar-refractivity contribution in [3.63, 3.8) is 0 Å². The molecular weight excluding hydrogens is 533 g/mol. The lowest BCUT2D eigenvalue weighted by Gasteiger charge is -2.47. The van der Waals surface area contributed by atoms with Crippen molar-refractivity contribution in [3.8, 4) is 0 Å². The lowest BCUT2D eigenvalue weighted by Crippen LogP contribution is -2.61. The third-order valence-electron chi connectivity index (χ3n) is 8.51. The van der Waals surface area contributed by atoms with Crippen molar-refractivity contribution < 1.29 is 19.1 Å². The highest BCUT2D eigenvalue weighted by Crippen LogP contribution is 2.53. The fourth-order valence-electron chi connectivity index (χ4n) is 6.27. The van der Waals surface area contributed by atoms with Crippen LogP contribution in [0.4, 0.5) is 21.6 Å². The van der Waals surface area contributed by atoms with Crippen molar-refractivity contribution in [2.45, 2.75) is 50.5 Å². The summed E-state index contributed by atoms with van der Waals surface area (Å²) < 4.78 is 14.3. The monoisotopic (exact) mass is 563 g/mol. The number of aliphatic carboxylic acids is 1. The highest BCUT2D eigenvalue weighted by molar-refractivity contribution is 6.30. The van der Waals surface area contributed by atoms with Gasteiger partial charge in [-0.3, -0.25) is 9.59 Å². The molecule has 2 aromatic heterocycles. The summed E-state index contributed by atoms with van der Waals surface area (Å²) in [7, 11) is 0. The molecule has 0 unspecified atom stereocenters. The maximum atomic E-state index is 14.3. The van der Waals surface area contributed by atoms with Gasteiger partial charge in [0.1, 0.15) is 17.3 Å². The second-order valence-electron chi connectivity index (χ2n) is 11.7. The Bertz CT molecular complexity index is 1490. The molecule has 40 heavy (non-hydrogen) atoms. The summed E-state index contributed by atoms with van der Waals surface area (Å²) in [5, 5.41) is 9.10. The smallest absolute Gasteiger partial charge is 0.307 e. The van der Waals surface area contributed by atoms with Crippen LogP contribution in [0.1, 0.15) is 54.9 Å². The molecule has 1 saturated carbocycles. The Morgan fingerprint density at radius 2 is 1.88 bits per heavy atom. The molecule has 0 radical (unpaired) electrons. The van der Waals surface area contributed by atoms with E-state index in [9.17, 15) is 14.0 Å². The Balaban J connectivity index is 1.23. The van der Waals surface area contributed by atoms with Crippen LogP contribution in [0.15, 0.2) is 48.7 Å². The van der Waals surface area contributed by atoms with Crippen molar-refractivity contribution in [2.24, 2.45) is 0 Å². The number of fused-ring (bicyclic) bond motifs is 2. The minimum atomic E-state index is -0.891. The van der Waals surface area contributed by atoms with Gasteiger partial charge in [0, 0.05) is 43.5 Å². The van der Waals surface area contributed by atoms with Gasteiger partial charge in [-0.05, 0) is 68.7 Å². The summed E-state index contributed by atoms with van der Waals surface area (Å²) in [5.74, 6) is -0.695. The maximum absolute atomic E-state index is 14.3. The molecule has 0 bridgehead atoms. The van der Waals surface area contributed by atoms with Crippen LogP contribution in [0.5, 0.6) is 0 Å². The number of amides is 1.